The van der Waals surface area contributed by atoms with Crippen molar-refractivity contribution >= 4 is 0 Å². The summed E-state index contributed by atoms with van der Waals surface area (Å²) in [6.45, 7) is 2.01. The highest BCUT2D eigenvalue weighted by Gasteiger charge is 2.26. The van der Waals surface area contributed by atoms with Crippen LogP contribution >= 0.6 is 0 Å². The lowest BCUT2D eigenvalue weighted by Crippen LogP contribution is -2.05. The molecule has 0 aliphatic heterocycles. The van der Waals surface area contributed by atoms with E-state index in [0.717, 1.165) is 50.1 Å². The standard InChI is InChI=1S/C33H28O5/c1-20-30(22-5-13-26(35)14-6-22)31(23-7-15-27(36)16-8-23)29(19-21-3-11-25(34)12-4-21)32(33(20)38-2)24-9-17-28(37)18-10-24/h3-18,34-37H,19H2,1-2H3. The van der Waals surface area contributed by atoms with Crippen LogP contribution in [0.25, 0.3) is 33.4 Å². The fourth-order valence-electron chi connectivity index (χ4n) is 5.02. The van der Waals surface area contributed by atoms with E-state index in [1.165, 1.54) is 0 Å². The van der Waals surface area contributed by atoms with Crippen molar-refractivity contribution in [3.8, 4) is 62.1 Å². The first-order valence-corrected chi connectivity index (χ1v) is 12.2. The van der Waals surface area contributed by atoms with Gasteiger partial charge >= 0.3 is 0 Å². The van der Waals surface area contributed by atoms with Crippen LogP contribution < -0.4 is 4.74 Å². The number of rotatable bonds is 6. The fraction of sp³-hybridized carbons (Fsp3) is 0.0909. The number of phenols is 4. The second-order valence-corrected chi connectivity index (χ2v) is 9.25. The third kappa shape index (κ3) is 4.74. The molecule has 0 aromatic heterocycles. The summed E-state index contributed by atoms with van der Waals surface area (Å²) in [4.78, 5) is 0. The highest BCUT2D eigenvalue weighted by molar-refractivity contribution is 5.96. The van der Waals surface area contributed by atoms with E-state index in [4.69, 9.17) is 4.74 Å². The summed E-state index contributed by atoms with van der Waals surface area (Å²) in [6, 6.07) is 28.4. The molecule has 0 fully saturated rings. The largest absolute Gasteiger partial charge is 0.508 e. The summed E-state index contributed by atoms with van der Waals surface area (Å²) in [5, 5.41) is 39.9. The van der Waals surface area contributed by atoms with Crippen LogP contribution in [0, 0.1) is 6.92 Å². The van der Waals surface area contributed by atoms with Crippen LogP contribution in [0.1, 0.15) is 16.7 Å². The van der Waals surface area contributed by atoms with E-state index in [2.05, 4.69) is 0 Å². The number of hydrogen-bond acceptors (Lipinski definition) is 5. The quantitative estimate of drug-likeness (QED) is 0.193. The molecular formula is C33H28O5. The van der Waals surface area contributed by atoms with E-state index in [9.17, 15) is 20.4 Å². The first-order chi connectivity index (χ1) is 18.4. The molecule has 4 N–H and O–H groups in total. The molecule has 0 aliphatic carbocycles. The normalized spacial score (nSPS) is 10.9. The maximum Gasteiger partial charge on any atom is 0.130 e. The average Bonchev–Trinajstić information content (AvgIpc) is 2.92. The highest BCUT2D eigenvalue weighted by atomic mass is 16.5. The topological polar surface area (TPSA) is 90.2 Å². The molecule has 0 bridgehead atoms. The number of benzene rings is 5. The SMILES string of the molecule is COc1c(C)c(-c2ccc(O)cc2)c(-c2ccc(O)cc2)c(Cc2ccc(O)cc2)c1-c1ccc(O)cc1. The Morgan fingerprint density at radius 2 is 0.868 bits per heavy atom. The molecule has 0 saturated heterocycles. The molecule has 5 rings (SSSR count). The van der Waals surface area contributed by atoms with E-state index in [0.29, 0.717) is 12.2 Å². The second kappa shape index (κ2) is 10.2. The number of hydrogen-bond donors (Lipinski definition) is 4. The zero-order valence-corrected chi connectivity index (χ0v) is 21.1. The molecule has 0 amide bonds. The Hall–Kier alpha value is -4.90. The maximum absolute atomic E-state index is 10.1. The predicted octanol–water partition coefficient (Wildman–Crippen LogP) is 7.42. The molecule has 5 heteroatoms. The third-order valence-electron chi connectivity index (χ3n) is 6.79. The molecule has 0 unspecified atom stereocenters. The third-order valence-corrected chi connectivity index (χ3v) is 6.79. The molecule has 5 aromatic carbocycles. The predicted molar refractivity (Wildman–Crippen MR) is 150 cm³/mol. The van der Waals surface area contributed by atoms with Crippen LogP contribution in [0.15, 0.2) is 97.1 Å². The Kier molecular flexibility index (Phi) is 6.67. The van der Waals surface area contributed by atoms with Crippen molar-refractivity contribution in [1.82, 2.24) is 0 Å². The lowest BCUT2D eigenvalue weighted by molar-refractivity contribution is 0.413. The Balaban J connectivity index is 1.93. The van der Waals surface area contributed by atoms with Crippen LogP contribution in [0.2, 0.25) is 0 Å². The molecule has 0 atom stereocenters. The molecular weight excluding hydrogens is 476 g/mol. The zero-order valence-electron chi connectivity index (χ0n) is 21.1. The van der Waals surface area contributed by atoms with E-state index in [1.807, 2.05) is 55.5 Å². The van der Waals surface area contributed by atoms with Gasteiger partial charge in [0, 0.05) is 11.1 Å². The van der Waals surface area contributed by atoms with Crippen molar-refractivity contribution in [3.63, 3.8) is 0 Å². The van der Waals surface area contributed by atoms with E-state index in [-0.39, 0.29) is 23.0 Å². The monoisotopic (exact) mass is 504 g/mol. The van der Waals surface area contributed by atoms with Crippen LogP contribution in [0.5, 0.6) is 28.7 Å². The van der Waals surface area contributed by atoms with Gasteiger partial charge in [-0.25, -0.2) is 0 Å². The molecule has 5 nitrogen and oxygen atoms in total. The number of phenolic OH excluding ortho intramolecular Hbond substituents is 4. The van der Waals surface area contributed by atoms with Gasteiger partial charge < -0.3 is 25.2 Å². The average molecular weight is 505 g/mol. The van der Waals surface area contributed by atoms with Crippen LogP contribution in [-0.4, -0.2) is 27.5 Å². The molecule has 38 heavy (non-hydrogen) atoms. The molecule has 0 saturated carbocycles. The molecule has 0 heterocycles. The summed E-state index contributed by atoms with van der Waals surface area (Å²) in [6.07, 6.45) is 0.522. The molecule has 0 radical (unpaired) electrons. The van der Waals surface area contributed by atoms with Gasteiger partial charge in [-0.15, -0.1) is 0 Å². The molecule has 0 aliphatic rings. The summed E-state index contributed by atoms with van der Waals surface area (Å²) in [5.41, 5.74) is 8.39. The van der Waals surface area contributed by atoms with Crippen molar-refractivity contribution in [2.75, 3.05) is 7.11 Å². The van der Waals surface area contributed by atoms with Gasteiger partial charge in [0.15, 0.2) is 0 Å². The van der Waals surface area contributed by atoms with Crippen molar-refractivity contribution in [2.45, 2.75) is 13.3 Å². The Morgan fingerprint density at radius 3 is 1.29 bits per heavy atom. The first kappa shape index (κ1) is 24.8. The van der Waals surface area contributed by atoms with Crippen LogP contribution in [0.4, 0.5) is 0 Å². The van der Waals surface area contributed by atoms with Crippen LogP contribution in [0.3, 0.4) is 0 Å². The number of ether oxygens (including phenoxy) is 1. The van der Waals surface area contributed by atoms with Gasteiger partial charge in [-0.05, 0) is 101 Å². The summed E-state index contributed by atoms with van der Waals surface area (Å²) >= 11 is 0. The first-order valence-electron chi connectivity index (χ1n) is 12.2. The number of methoxy groups -OCH3 is 1. The summed E-state index contributed by atoms with van der Waals surface area (Å²) in [7, 11) is 1.65. The lowest BCUT2D eigenvalue weighted by Gasteiger charge is -2.26. The van der Waals surface area contributed by atoms with E-state index < -0.39 is 0 Å². The lowest BCUT2D eigenvalue weighted by atomic mass is 9.80. The zero-order chi connectivity index (χ0) is 26.8. The van der Waals surface area contributed by atoms with Gasteiger partial charge in [0.05, 0.1) is 7.11 Å². The van der Waals surface area contributed by atoms with Gasteiger partial charge in [0.1, 0.15) is 28.7 Å². The van der Waals surface area contributed by atoms with E-state index in [1.54, 1.807) is 55.6 Å². The Morgan fingerprint density at radius 1 is 0.500 bits per heavy atom. The van der Waals surface area contributed by atoms with Crippen LogP contribution in [-0.2, 0) is 6.42 Å². The van der Waals surface area contributed by atoms with Gasteiger partial charge in [-0.1, -0.05) is 48.5 Å². The molecule has 5 aromatic rings. The van der Waals surface area contributed by atoms with Crippen molar-refractivity contribution in [1.29, 1.82) is 0 Å². The van der Waals surface area contributed by atoms with Gasteiger partial charge in [0.25, 0.3) is 0 Å². The fourth-order valence-corrected chi connectivity index (χ4v) is 5.02. The Labute approximate surface area is 221 Å². The second-order valence-electron chi connectivity index (χ2n) is 9.25. The minimum atomic E-state index is 0.170. The van der Waals surface area contributed by atoms with Gasteiger partial charge in [0.2, 0.25) is 0 Å². The summed E-state index contributed by atoms with van der Waals surface area (Å²) < 4.78 is 6.06. The molecule has 190 valence electrons. The summed E-state index contributed by atoms with van der Waals surface area (Å²) in [5.74, 6) is 1.41. The minimum Gasteiger partial charge on any atom is -0.508 e. The highest BCUT2D eigenvalue weighted by Crippen LogP contribution is 2.49. The Bertz CT molecular complexity index is 1570. The van der Waals surface area contributed by atoms with Gasteiger partial charge in [-0.3, -0.25) is 0 Å². The van der Waals surface area contributed by atoms with Crippen molar-refractivity contribution < 1.29 is 25.2 Å². The van der Waals surface area contributed by atoms with Crippen molar-refractivity contribution in [2.24, 2.45) is 0 Å². The smallest absolute Gasteiger partial charge is 0.130 e. The minimum absolute atomic E-state index is 0.170. The van der Waals surface area contributed by atoms with Crippen molar-refractivity contribution in [3.05, 3.63) is 114 Å². The molecule has 0 spiro atoms. The maximum atomic E-state index is 10.1. The van der Waals surface area contributed by atoms with Gasteiger partial charge in [-0.2, -0.15) is 0 Å². The number of aromatic hydroxyl groups is 4. The van der Waals surface area contributed by atoms with E-state index >= 15 is 0 Å².